The fourth-order valence-electron chi connectivity index (χ4n) is 4.18. The van der Waals surface area contributed by atoms with Crippen LogP contribution in [0.3, 0.4) is 0 Å². The van der Waals surface area contributed by atoms with E-state index in [1.54, 1.807) is 18.3 Å². The second kappa shape index (κ2) is 9.54. The maximum atomic E-state index is 13.5. The number of benzene rings is 1. The second-order valence-electron chi connectivity index (χ2n) is 7.96. The third-order valence-electron chi connectivity index (χ3n) is 5.90. The van der Waals surface area contributed by atoms with Gasteiger partial charge in [0.25, 0.3) is 12.9 Å². The van der Waals surface area contributed by atoms with Crippen LogP contribution in [0.4, 0.5) is 23.4 Å². The van der Waals surface area contributed by atoms with E-state index in [9.17, 15) is 22.8 Å². The summed E-state index contributed by atoms with van der Waals surface area (Å²) in [5.74, 6) is 0.472. The first-order valence-electron chi connectivity index (χ1n) is 10.5. The maximum Gasteiger partial charge on any atom is 0.264 e. The molecule has 1 aromatic carbocycles. The third kappa shape index (κ3) is 4.84. The first-order chi connectivity index (χ1) is 15.4. The van der Waals surface area contributed by atoms with Crippen LogP contribution >= 0.6 is 0 Å². The average molecular weight is 445 g/mol. The Morgan fingerprint density at radius 2 is 1.53 bits per heavy atom. The van der Waals surface area contributed by atoms with Gasteiger partial charge >= 0.3 is 0 Å². The molecular formula is C24H23F4N3O. The minimum absolute atomic E-state index is 0.387. The Bertz CT molecular complexity index is 1040. The number of rotatable bonds is 7. The summed E-state index contributed by atoms with van der Waals surface area (Å²) >= 11 is 0. The Hall–Kier alpha value is -3.16. The van der Waals surface area contributed by atoms with Crippen LogP contribution in [-0.2, 0) is 6.42 Å². The van der Waals surface area contributed by atoms with Gasteiger partial charge in [-0.2, -0.15) is 4.73 Å². The highest BCUT2D eigenvalue weighted by Gasteiger charge is 2.24. The molecule has 32 heavy (non-hydrogen) atoms. The maximum absolute atomic E-state index is 13.5. The SMILES string of the molecule is [O-][n+]1ccc(CC(c2ccc(N3CCCC3)nc2)c2ccc(C(F)F)c(C(F)F)c2)cc1. The van der Waals surface area contributed by atoms with Crippen molar-refractivity contribution in [1.82, 2.24) is 4.98 Å². The van der Waals surface area contributed by atoms with E-state index in [1.807, 2.05) is 12.1 Å². The molecule has 1 atom stereocenters. The number of hydrogen-bond donors (Lipinski definition) is 0. The Labute approximate surface area is 183 Å². The fraction of sp³-hybridized carbons (Fsp3) is 0.333. The molecule has 0 saturated carbocycles. The monoisotopic (exact) mass is 445 g/mol. The number of alkyl halides is 4. The molecule has 0 aliphatic carbocycles. The molecule has 3 aromatic rings. The van der Waals surface area contributed by atoms with Crippen molar-refractivity contribution in [3.63, 3.8) is 0 Å². The van der Waals surface area contributed by atoms with Crippen LogP contribution in [-0.4, -0.2) is 18.1 Å². The van der Waals surface area contributed by atoms with Crippen molar-refractivity contribution in [2.45, 2.75) is 38.0 Å². The number of aromatic nitrogens is 2. The topological polar surface area (TPSA) is 43.1 Å². The van der Waals surface area contributed by atoms with Gasteiger partial charge in [0.05, 0.1) is 0 Å². The number of nitrogens with zero attached hydrogens (tertiary/aromatic N) is 3. The molecule has 0 N–H and O–H groups in total. The molecule has 0 amide bonds. The van der Waals surface area contributed by atoms with Gasteiger partial charge in [0.1, 0.15) is 5.82 Å². The van der Waals surface area contributed by atoms with E-state index < -0.39 is 24.0 Å². The van der Waals surface area contributed by atoms with Crippen LogP contribution in [0.2, 0.25) is 0 Å². The molecule has 1 saturated heterocycles. The Kier molecular flexibility index (Phi) is 6.58. The Balaban J connectivity index is 1.72. The lowest BCUT2D eigenvalue weighted by Crippen LogP contribution is -2.24. The smallest absolute Gasteiger partial charge is 0.264 e. The van der Waals surface area contributed by atoms with Gasteiger partial charge in [-0.05, 0) is 48.1 Å². The molecule has 0 spiro atoms. The van der Waals surface area contributed by atoms with E-state index in [0.29, 0.717) is 16.7 Å². The average Bonchev–Trinajstić information content (AvgIpc) is 3.33. The molecule has 1 aliphatic rings. The molecule has 1 unspecified atom stereocenters. The van der Waals surface area contributed by atoms with E-state index in [1.165, 1.54) is 24.5 Å². The third-order valence-corrected chi connectivity index (χ3v) is 5.90. The van der Waals surface area contributed by atoms with Gasteiger partial charge in [0, 0.05) is 48.5 Å². The summed E-state index contributed by atoms with van der Waals surface area (Å²) in [7, 11) is 0. The summed E-state index contributed by atoms with van der Waals surface area (Å²) in [6, 6.07) is 10.9. The predicted octanol–water partition coefficient (Wildman–Crippen LogP) is 5.57. The van der Waals surface area contributed by atoms with Crippen molar-refractivity contribution in [2.75, 3.05) is 18.0 Å². The lowest BCUT2D eigenvalue weighted by Gasteiger charge is -2.22. The molecular weight excluding hydrogens is 422 g/mol. The van der Waals surface area contributed by atoms with Gasteiger partial charge in [-0.25, -0.2) is 22.5 Å². The summed E-state index contributed by atoms with van der Waals surface area (Å²) in [5, 5.41) is 11.4. The highest BCUT2D eigenvalue weighted by molar-refractivity contribution is 5.44. The number of halogens is 4. The van der Waals surface area contributed by atoms with Crippen molar-refractivity contribution in [1.29, 1.82) is 0 Å². The molecule has 1 fully saturated rings. The molecule has 168 valence electrons. The van der Waals surface area contributed by atoms with Gasteiger partial charge in [0.15, 0.2) is 12.4 Å². The first kappa shape index (κ1) is 22.0. The summed E-state index contributed by atoms with van der Waals surface area (Å²) in [6.45, 7) is 1.89. The van der Waals surface area contributed by atoms with Crippen LogP contribution in [0.5, 0.6) is 0 Å². The highest BCUT2D eigenvalue weighted by Crippen LogP contribution is 2.36. The Morgan fingerprint density at radius 3 is 2.12 bits per heavy atom. The van der Waals surface area contributed by atoms with Crippen molar-refractivity contribution >= 4 is 5.82 Å². The van der Waals surface area contributed by atoms with E-state index in [4.69, 9.17) is 0 Å². The van der Waals surface area contributed by atoms with Crippen LogP contribution in [0.15, 0.2) is 61.1 Å². The Morgan fingerprint density at radius 1 is 0.875 bits per heavy atom. The molecule has 4 rings (SSSR count). The zero-order valence-corrected chi connectivity index (χ0v) is 17.3. The van der Waals surface area contributed by atoms with Crippen molar-refractivity contribution < 1.29 is 22.3 Å². The van der Waals surface area contributed by atoms with Gasteiger partial charge in [-0.3, -0.25) is 0 Å². The number of hydrogen-bond acceptors (Lipinski definition) is 3. The summed E-state index contributed by atoms with van der Waals surface area (Å²) in [6.07, 6.45) is 1.11. The molecule has 2 aromatic heterocycles. The van der Waals surface area contributed by atoms with Gasteiger partial charge in [0.2, 0.25) is 0 Å². The van der Waals surface area contributed by atoms with Crippen molar-refractivity contribution in [3.05, 3.63) is 94.1 Å². The lowest BCUT2D eigenvalue weighted by atomic mass is 9.85. The highest BCUT2D eigenvalue weighted by atomic mass is 19.3. The van der Waals surface area contributed by atoms with Crippen LogP contribution in [0.25, 0.3) is 0 Å². The normalized spacial score (nSPS) is 15.0. The standard InChI is InChI=1S/C24H23F4N3O/c25-23(26)19-5-3-17(14-21(19)24(27)28)20(13-16-7-11-31(32)12-8-16)18-4-6-22(29-15-18)30-9-1-2-10-30/h3-8,11-12,14-15,20,23-24H,1-2,9-10,13H2. The summed E-state index contributed by atoms with van der Waals surface area (Å²) in [5.41, 5.74) is 0.796. The largest absolute Gasteiger partial charge is 0.619 e. The summed E-state index contributed by atoms with van der Waals surface area (Å²) in [4.78, 5) is 6.76. The van der Waals surface area contributed by atoms with Crippen molar-refractivity contribution in [3.8, 4) is 0 Å². The molecule has 8 heteroatoms. The van der Waals surface area contributed by atoms with Gasteiger partial charge < -0.3 is 10.1 Å². The first-order valence-corrected chi connectivity index (χ1v) is 10.5. The van der Waals surface area contributed by atoms with E-state index in [-0.39, 0.29) is 5.92 Å². The fourth-order valence-corrected chi connectivity index (χ4v) is 4.18. The lowest BCUT2D eigenvalue weighted by molar-refractivity contribution is -0.605. The predicted molar refractivity (Wildman–Crippen MR) is 113 cm³/mol. The van der Waals surface area contributed by atoms with E-state index in [2.05, 4.69) is 9.88 Å². The zero-order chi connectivity index (χ0) is 22.7. The van der Waals surface area contributed by atoms with Crippen LogP contribution < -0.4 is 9.63 Å². The zero-order valence-electron chi connectivity index (χ0n) is 17.3. The summed E-state index contributed by atoms with van der Waals surface area (Å²) < 4.78 is 54.2. The molecule has 0 radical (unpaired) electrons. The van der Waals surface area contributed by atoms with Gasteiger partial charge in [-0.15, -0.1) is 0 Å². The minimum Gasteiger partial charge on any atom is -0.619 e. The quantitative estimate of drug-likeness (QED) is 0.272. The molecule has 0 bridgehead atoms. The van der Waals surface area contributed by atoms with Gasteiger partial charge in [-0.1, -0.05) is 18.2 Å². The number of pyridine rings is 2. The van der Waals surface area contributed by atoms with E-state index >= 15 is 0 Å². The van der Waals surface area contributed by atoms with Crippen LogP contribution in [0, 0.1) is 5.21 Å². The molecule has 3 heterocycles. The minimum atomic E-state index is -3.01. The van der Waals surface area contributed by atoms with Crippen molar-refractivity contribution in [2.24, 2.45) is 0 Å². The van der Waals surface area contributed by atoms with E-state index in [0.717, 1.165) is 48.9 Å². The molecule has 4 nitrogen and oxygen atoms in total. The number of anilines is 1. The molecule has 1 aliphatic heterocycles. The second-order valence-corrected chi connectivity index (χ2v) is 7.96. The van der Waals surface area contributed by atoms with Crippen LogP contribution in [0.1, 0.15) is 59.4 Å².